The summed E-state index contributed by atoms with van der Waals surface area (Å²) in [5.74, 6) is 2.27. The van der Waals surface area contributed by atoms with Gasteiger partial charge in [-0.3, -0.25) is 4.79 Å². The van der Waals surface area contributed by atoms with E-state index < -0.39 is 0 Å². The number of hydrogen-bond donors (Lipinski definition) is 1. The molecule has 60 valence electrons. The minimum Gasteiger partial charge on any atom is -0.314 e. The lowest BCUT2D eigenvalue weighted by Crippen LogP contribution is -2.38. The predicted molar refractivity (Wildman–Crippen MR) is 44.0 cm³/mol. The van der Waals surface area contributed by atoms with Crippen LogP contribution < -0.4 is 5.32 Å². The third kappa shape index (κ3) is 2.06. The van der Waals surface area contributed by atoms with Crippen LogP contribution in [0.25, 0.3) is 0 Å². The molecule has 0 aliphatic carbocycles. The number of terminal acetylenes is 1. The number of carbonyl (C=O) groups is 1. The minimum atomic E-state index is -0.0293. The fraction of sp³-hybridized carbons (Fsp3) is 0.667. The molecule has 0 bridgehead atoms. The van der Waals surface area contributed by atoms with Crippen molar-refractivity contribution in [2.45, 2.75) is 25.8 Å². The molecule has 0 spiro atoms. The maximum absolute atomic E-state index is 11.0. The Labute approximate surface area is 67.4 Å². The molecule has 1 N–H and O–H groups in total. The summed E-state index contributed by atoms with van der Waals surface area (Å²) in [4.78, 5) is 11.0. The third-order valence-corrected chi connectivity index (χ3v) is 2.14. The Morgan fingerprint density at radius 2 is 2.45 bits per heavy atom. The standard InChI is InChI=1S/C9H13NO/c1-3-9(11)8-4-5-10-7(2)6-8/h1,7-8,10H,4-6H2,2H3. The Hall–Kier alpha value is -0.810. The van der Waals surface area contributed by atoms with E-state index in [2.05, 4.69) is 18.2 Å². The molecule has 1 rings (SSSR count). The second-order valence-corrected chi connectivity index (χ2v) is 3.09. The van der Waals surface area contributed by atoms with E-state index in [1.54, 1.807) is 0 Å². The molecule has 2 unspecified atom stereocenters. The van der Waals surface area contributed by atoms with Crippen molar-refractivity contribution in [2.24, 2.45) is 5.92 Å². The summed E-state index contributed by atoms with van der Waals surface area (Å²) < 4.78 is 0. The molecule has 2 atom stereocenters. The van der Waals surface area contributed by atoms with Gasteiger partial charge < -0.3 is 5.32 Å². The van der Waals surface area contributed by atoms with Gasteiger partial charge in [0.2, 0.25) is 5.78 Å². The van der Waals surface area contributed by atoms with Gasteiger partial charge in [0.15, 0.2) is 0 Å². The lowest BCUT2D eigenvalue weighted by molar-refractivity contribution is -0.118. The fourth-order valence-corrected chi connectivity index (χ4v) is 1.49. The predicted octanol–water partition coefficient (Wildman–Crippen LogP) is 0.577. The molecule has 1 saturated heterocycles. The van der Waals surface area contributed by atoms with Gasteiger partial charge in [-0.1, -0.05) is 0 Å². The first-order valence-corrected chi connectivity index (χ1v) is 3.98. The highest BCUT2D eigenvalue weighted by atomic mass is 16.1. The smallest absolute Gasteiger partial charge is 0.208 e. The summed E-state index contributed by atoms with van der Waals surface area (Å²) in [5.41, 5.74) is 0. The van der Waals surface area contributed by atoms with Crippen LogP contribution in [-0.4, -0.2) is 18.4 Å². The highest BCUT2D eigenvalue weighted by Crippen LogP contribution is 2.16. The number of hydrogen-bond acceptors (Lipinski definition) is 2. The molecule has 1 aliphatic rings. The van der Waals surface area contributed by atoms with Crippen LogP contribution in [0.15, 0.2) is 0 Å². The number of nitrogens with one attached hydrogen (secondary N) is 1. The van der Waals surface area contributed by atoms with Crippen molar-refractivity contribution in [3.63, 3.8) is 0 Å². The summed E-state index contributed by atoms with van der Waals surface area (Å²) in [5, 5.41) is 3.27. The molecule has 0 saturated carbocycles. The molecule has 1 fully saturated rings. The molecule has 2 nitrogen and oxygen atoms in total. The van der Waals surface area contributed by atoms with Crippen molar-refractivity contribution in [3.05, 3.63) is 0 Å². The molecular formula is C9H13NO. The van der Waals surface area contributed by atoms with Crippen molar-refractivity contribution in [1.82, 2.24) is 5.32 Å². The molecule has 0 amide bonds. The normalized spacial score (nSPS) is 30.9. The van der Waals surface area contributed by atoms with Crippen LogP contribution in [-0.2, 0) is 4.79 Å². The number of rotatable bonds is 1. The number of carbonyl (C=O) groups excluding carboxylic acids is 1. The first-order valence-electron chi connectivity index (χ1n) is 3.98. The lowest BCUT2D eigenvalue weighted by atomic mass is 9.90. The molecule has 0 aromatic carbocycles. The Bertz CT molecular complexity index is 192. The Morgan fingerprint density at radius 3 is 3.00 bits per heavy atom. The Kier molecular flexibility index (Phi) is 2.67. The number of Topliss-reactive ketones (excluding diaryl/α,β-unsaturated/α-hetero) is 1. The van der Waals surface area contributed by atoms with Crippen molar-refractivity contribution in [3.8, 4) is 12.3 Å². The first-order chi connectivity index (χ1) is 5.24. The molecule has 1 heterocycles. The zero-order valence-corrected chi connectivity index (χ0v) is 6.76. The van der Waals surface area contributed by atoms with E-state index in [-0.39, 0.29) is 11.7 Å². The van der Waals surface area contributed by atoms with Gasteiger partial charge in [-0.25, -0.2) is 0 Å². The molecular weight excluding hydrogens is 138 g/mol. The third-order valence-electron chi connectivity index (χ3n) is 2.14. The minimum absolute atomic E-state index is 0.0293. The topological polar surface area (TPSA) is 29.1 Å². The molecule has 0 radical (unpaired) electrons. The van der Waals surface area contributed by atoms with Crippen LogP contribution >= 0.6 is 0 Å². The van der Waals surface area contributed by atoms with E-state index in [9.17, 15) is 4.79 Å². The summed E-state index contributed by atoms with van der Waals surface area (Å²) in [6.07, 6.45) is 6.82. The van der Waals surface area contributed by atoms with Crippen LogP contribution in [0.3, 0.4) is 0 Å². The zero-order valence-electron chi connectivity index (χ0n) is 6.76. The van der Waals surface area contributed by atoms with E-state index in [4.69, 9.17) is 6.42 Å². The Balaban J connectivity index is 2.47. The SMILES string of the molecule is C#CC(=O)C1CCNC(C)C1. The van der Waals surface area contributed by atoms with Crippen molar-refractivity contribution < 1.29 is 4.79 Å². The van der Waals surface area contributed by atoms with Crippen LogP contribution in [0.4, 0.5) is 0 Å². The highest BCUT2D eigenvalue weighted by molar-refractivity contribution is 5.96. The second kappa shape index (κ2) is 3.54. The van der Waals surface area contributed by atoms with E-state index in [0.29, 0.717) is 6.04 Å². The van der Waals surface area contributed by atoms with Gasteiger partial charge in [-0.15, -0.1) is 6.42 Å². The molecule has 0 aromatic rings. The average molecular weight is 151 g/mol. The van der Waals surface area contributed by atoms with Gasteiger partial charge in [0.1, 0.15) is 0 Å². The fourth-order valence-electron chi connectivity index (χ4n) is 1.49. The maximum Gasteiger partial charge on any atom is 0.208 e. The summed E-state index contributed by atoms with van der Waals surface area (Å²) >= 11 is 0. The summed E-state index contributed by atoms with van der Waals surface area (Å²) in [6, 6.07) is 0.436. The van der Waals surface area contributed by atoms with Crippen LogP contribution in [0, 0.1) is 18.3 Å². The lowest BCUT2D eigenvalue weighted by Gasteiger charge is -2.25. The van der Waals surface area contributed by atoms with E-state index in [1.807, 2.05) is 0 Å². The van der Waals surface area contributed by atoms with Crippen LogP contribution in [0.5, 0.6) is 0 Å². The van der Waals surface area contributed by atoms with E-state index >= 15 is 0 Å². The van der Waals surface area contributed by atoms with Crippen molar-refractivity contribution in [2.75, 3.05) is 6.54 Å². The monoisotopic (exact) mass is 151 g/mol. The summed E-state index contributed by atoms with van der Waals surface area (Å²) in [7, 11) is 0. The van der Waals surface area contributed by atoms with E-state index in [0.717, 1.165) is 19.4 Å². The number of piperidine rings is 1. The van der Waals surface area contributed by atoms with Crippen molar-refractivity contribution >= 4 is 5.78 Å². The van der Waals surface area contributed by atoms with Gasteiger partial charge in [-0.2, -0.15) is 0 Å². The van der Waals surface area contributed by atoms with Gasteiger partial charge in [0.25, 0.3) is 0 Å². The van der Waals surface area contributed by atoms with Crippen LogP contribution in [0.2, 0.25) is 0 Å². The number of ketones is 1. The van der Waals surface area contributed by atoms with Gasteiger partial charge in [-0.05, 0) is 32.2 Å². The second-order valence-electron chi connectivity index (χ2n) is 3.09. The largest absolute Gasteiger partial charge is 0.314 e. The quantitative estimate of drug-likeness (QED) is 0.438. The summed E-state index contributed by atoms with van der Waals surface area (Å²) in [6.45, 7) is 3.00. The Morgan fingerprint density at radius 1 is 1.73 bits per heavy atom. The zero-order chi connectivity index (χ0) is 8.27. The first kappa shape index (κ1) is 8.29. The highest BCUT2D eigenvalue weighted by Gasteiger charge is 2.22. The van der Waals surface area contributed by atoms with Gasteiger partial charge >= 0.3 is 0 Å². The van der Waals surface area contributed by atoms with Gasteiger partial charge in [0, 0.05) is 12.0 Å². The average Bonchev–Trinajstić information content (AvgIpc) is 2.03. The molecule has 11 heavy (non-hydrogen) atoms. The van der Waals surface area contributed by atoms with Gasteiger partial charge in [0.05, 0.1) is 0 Å². The van der Waals surface area contributed by atoms with E-state index in [1.165, 1.54) is 0 Å². The molecule has 2 heteroatoms. The molecule has 0 aromatic heterocycles. The van der Waals surface area contributed by atoms with Crippen LogP contribution in [0.1, 0.15) is 19.8 Å². The molecule has 1 aliphatic heterocycles. The maximum atomic E-state index is 11.0. The van der Waals surface area contributed by atoms with Crippen molar-refractivity contribution in [1.29, 1.82) is 0 Å².